The summed E-state index contributed by atoms with van der Waals surface area (Å²) in [5.41, 5.74) is 7.84. The number of nitrogens with zero attached hydrogens (tertiary/aromatic N) is 1. The highest BCUT2D eigenvalue weighted by Gasteiger charge is 2.10. The molecule has 1 aromatic rings. The molecule has 0 spiro atoms. The summed E-state index contributed by atoms with van der Waals surface area (Å²) in [6.45, 7) is 2.06. The molecule has 1 aromatic carbocycles. The molecule has 0 unspecified atom stereocenters. The Kier molecular flexibility index (Phi) is 6.42. The first-order valence-corrected chi connectivity index (χ1v) is 8.00. The second-order valence-corrected chi connectivity index (χ2v) is 5.86. The van der Waals surface area contributed by atoms with Gasteiger partial charge in [0.1, 0.15) is 0 Å². The Bertz CT molecular complexity index is 563. The van der Waals surface area contributed by atoms with Crippen LogP contribution < -0.4 is 21.7 Å². The highest BCUT2D eigenvalue weighted by Crippen LogP contribution is 2.28. The molecule has 6 nitrogen and oxygen atoms in total. The largest absolute Gasteiger partial charge is 0.396 e. The first-order chi connectivity index (χ1) is 10.7. The number of rotatable bonds is 6. The van der Waals surface area contributed by atoms with Gasteiger partial charge in [-0.15, -0.1) is 0 Å². The van der Waals surface area contributed by atoms with E-state index < -0.39 is 0 Å². The zero-order chi connectivity index (χ0) is 15.8. The van der Waals surface area contributed by atoms with Crippen LogP contribution in [0.1, 0.15) is 12.8 Å². The zero-order valence-corrected chi connectivity index (χ0v) is 13.9. The number of nitrogens with one attached hydrogen (secondary N) is 4. The molecule has 0 saturated carbocycles. The molecular weight excluding hydrogens is 344 g/mol. The van der Waals surface area contributed by atoms with E-state index in [1.54, 1.807) is 6.34 Å². The fraction of sp³-hybridized carbons (Fsp3) is 0.333. The number of hydrogen-bond donors (Lipinski definition) is 5. The molecule has 1 saturated heterocycles. The van der Waals surface area contributed by atoms with E-state index in [4.69, 9.17) is 11.1 Å². The average molecular weight is 365 g/mol. The summed E-state index contributed by atoms with van der Waals surface area (Å²) in [7, 11) is 0. The molecule has 0 radical (unpaired) electrons. The van der Waals surface area contributed by atoms with Crippen molar-refractivity contribution in [1.82, 2.24) is 16.0 Å². The maximum atomic E-state index is 7.43. The third kappa shape index (κ3) is 4.85. The van der Waals surface area contributed by atoms with Gasteiger partial charge in [-0.05, 0) is 54.0 Å². The van der Waals surface area contributed by atoms with Crippen LogP contribution in [0.3, 0.4) is 0 Å². The number of nitrogens with two attached hydrogens (primary N) is 1. The fourth-order valence-corrected chi connectivity index (χ4v) is 2.49. The number of piperidine rings is 1. The van der Waals surface area contributed by atoms with Gasteiger partial charge in [0.2, 0.25) is 0 Å². The Labute approximate surface area is 138 Å². The lowest BCUT2D eigenvalue weighted by Crippen LogP contribution is -2.38. The Hall–Kier alpha value is -1.86. The summed E-state index contributed by atoms with van der Waals surface area (Å²) in [5, 5.41) is 17.1. The first kappa shape index (κ1) is 16.5. The van der Waals surface area contributed by atoms with Crippen LogP contribution in [-0.4, -0.2) is 31.7 Å². The standard InChI is InChI=1S/C15H21BrN6/c16-13-2-1-3-14(15(13)18)22-10-21-12(8-17)9-20-11-4-6-19-7-5-11/h1-3,8-11,17,19-20H,4-7,18H2,(H,21,22)/b12-9+,17-8?. The van der Waals surface area contributed by atoms with Crippen molar-refractivity contribution < 1.29 is 0 Å². The maximum Gasteiger partial charge on any atom is 0.0932 e. The molecule has 2 rings (SSSR count). The second-order valence-electron chi connectivity index (χ2n) is 5.01. The minimum atomic E-state index is 0.454. The van der Waals surface area contributed by atoms with Crippen LogP contribution in [0, 0.1) is 5.41 Å². The third-order valence-corrected chi connectivity index (χ3v) is 4.13. The minimum Gasteiger partial charge on any atom is -0.396 e. The lowest BCUT2D eigenvalue weighted by atomic mass is 10.1. The monoisotopic (exact) mass is 364 g/mol. The molecule has 0 aliphatic carbocycles. The molecule has 0 aromatic heterocycles. The van der Waals surface area contributed by atoms with Gasteiger partial charge in [0.05, 0.1) is 23.4 Å². The van der Waals surface area contributed by atoms with Gasteiger partial charge in [0, 0.05) is 22.9 Å². The van der Waals surface area contributed by atoms with Gasteiger partial charge < -0.3 is 27.1 Å². The number of para-hydroxylation sites is 1. The van der Waals surface area contributed by atoms with Crippen molar-refractivity contribution in [1.29, 1.82) is 5.41 Å². The van der Waals surface area contributed by atoms with Crippen LogP contribution in [-0.2, 0) is 0 Å². The lowest BCUT2D eigenvalue weighted by molar-refractivity contribution is 0.419. The minimum absolute atomic E-state index is 0.454. The molecule has 1 fully saturated rings. The van der Waals surface area contributed by atoms with Crippen molar-refractivity contribution in [3.05, 3.63) is 34.6 Å². The van der Waals surface area contributed by atoms with Crippen LogP contribution in [0.5, 0.6) is 0 Å². The van der Waals surface area contributed by atoms with Gasteiger partial charge in [-0.3, -0.25) is 0 Å². The van der Waals surface area contributed by atoms with Gasteiger partial charge in [-0.2, -0.15) is 0 Å². The number of benzene rings is 1. The van der Waals surface area contributed by atoms with E-state index in [0.717, 1.165) is 30.4 Å². The van der Waals surface area contributed by atoms with E-state index in [1.165, 1.54) is 6.21 Å². The predicted octanol–water partition coefficient (Wildman–Crippen LogP) is 2.11. The second kappa shape index (κ2) is 8.55. The van der Waals surface area contributed by atoms with Gasteiger partial charge in [0.15, 0.2) is 0 Å². The van der Waals surface area contributed by atoms with Crippen molar-refractivity contribution in [2.24, 2.45) is 4.99 Å². The Balaban J connectivity index is 1.91. The molecule has 118 valence electrons. The van der Waals surface area contributed by atoms with Crippen molar-refractivity contribution >= 4 is 39.9 Å². The van der Waals surface area contributed by atoms with E-state index in [2.05, 4.69) is 36.9 Å². The topological polar surface area (TPSA) is 98.3 Å². The number of nitrogen functional groups attached to an aromatic ring is 1. The molecular formula is C15H21BrN6. The maximum absolute atomic E-state index is 7.43. The number of halogens is 1. The smallest absolute Gasteiger partial charge is 0.0932 e. The highest BCUT2D eigenvalue weighted by molar-refractivity contribution is 9.10. The molecule has 6 N–H and O–H groups in total. The number of allylic oxidation sites excluding steroid dienone is 1. The van der Waals surface area contributed by atoms with Crippen LogP contribution in [0.2, 0.25) is 0 Å². The van der Waals surface area contributed by atoms with Crippen molar-refractivity contribution in [3.8, 4) is 0 Å². The Morgan fingerprint density at radius 2 is 2.18 bits per heavy atom. The van der Waals surface area contributed by atoms with Crippen molar-refractivity contribution in [3.63, 3.8) is 0 Å². The van der Waals surface area contributed by atoms with Crippen LogP contribution in [0.25, 0.3) is 0 Å². The number of hydrogen-bond acceptors (Lipinski definition) is 5. The third-order valence-electron chi connectivity index (χ3n) is 3.43. The molecule has 7 heteroatoms. The highest BCUT2D eigenvalue weighted by atomic mass is 79.9. The van der Waals surface area contributed by atoms with Gasteiger partial charge in [-0.1, -0.05) is 6.07 Å². The molecule has 0 bridgehead atoms. The molecule has 0 amide bonds. The van der Waals surface area contributed by atoms with E-state index in [0.29, 0.717) is 23.1 Å². The summed E-state index contributed by atoms with van der Waals surface area (Å²) in [6, 6.07) is 6.03. The number of anilines is 1. The van der Waals surface area contributed by atoms with Gasteiger partial charge in [0.25, 0.3) is 0 Å². The van der Waals surface area contributed by atoms with E-state index in [9.17, 15) is 0 Å². The zero-order valence-electron chi connectivity index (χ0n) is 12.3. The summed E-state index contributed by atoms with van der Waals surface area (Å²) in [6.07, 6.45) is 6.79. The fourth-order valence-electron chi connectivity index (χ4n) is 2.14. The van der Waals surface area contributed by atoms with E-state index >= 15 is 0 Å². The lowest BCUT2D eigenvalue weighted by Gasteiger charge is -2.23. The first-order valence-electron chi connectivity index (χ1n) is 7.21. The SMILES string of the molecule is N=C/C(=C\NC1CCNCC1)N/C=N\c1cccc(Br)c1N. The molecule has 1 aliphatic rings. The summed E-state index contributed by atoms with van der Waals surface area (Å²) in [5.74, 6) is 0. The summed E-state index contributed by atoms with van der Waals surface area (Å²) in [4.78, 5) is 4.28. The van der Waals surface area contributed by atoms with Crippen molar-refractivity contribution in [2.75, 3.05) is 18.8 Å². The Morgan fingerprint density at radius 1 is 1.41 bits per heavy atom. The molecule has 22 heavy (non-hydrogen) atoms. The molecule has 1 heterocycles. The predicted molar refractivity (Wildman–Crippen MR) is 95.7 cm³/mol. The molecule has 0 atom stereocenters. The van der Waals surface area contributed by atoms with Crippen LogP contribution >= 0.6 is 15.9 Å². The van der Waals surface area contributed by atoms with E-state index in [-0.39, 0.29) is 0 Å². The summed E-state index contributed by atoms with van der Waals surface area (Å²) < 4.78 is 0.817. The van der Waals surface area contributed by atoms with Crippen LogP contribution in [0.15, 0.2) is 39.6 Å². The summed E-state index contributed by atoms with van der Waals surface area (Å²) >= 11 is 3.37. The Morgan fingerprint density at radius 3 is 2.91 bits per heavy atom. The molecule has 1 aliphatic heterocycles. The number of aliphatic imine (C=N–C) groups is 1. The van der Waals surface area contributed by atoms with E-state index in [1.807, 2.05) is 24.4 Å². The van der Waals surface area contributed by atoms with Crippen LogP contribution in [0.4, 0.5) is 11.4 Å². The van der Waals surface area contributed by atoms with Crippen molar-refractivity contribution in [2.45, 2.75) is 18.9 Å². The average Bonchev–Trinajstić information content (AvgIpc) is 2.55. The van der Waals surface area contributed by atoms with Gasteiger partial charge in [-0.25, -0.2) is 4.99 Å². The normalized spacial score (nSPS) is 16.7. The van der Waals surface area contributed by atoms with Gasteiger partial charge >= 0.3 is 0 Å². The quantitative estimate of drug-likeness (QED) is 0.303.